The fourth-order valence-electron chi connectivity index (χ4n) is 2.65. The summed E-state index contributed by atoms with van der Waals surface area (Å²) in [6.07, 6.45) is 0. The van der Waals surface area contributed by atoms with E-state index in [0.717, 1.165) is 33.3 Å². The molecule has 0 fully saturated rings. The van der Waals surface area contributed by atoms with Crippen molar-refractivity contribution in [2.24, 2.45) is 0 Å². The number of pyridine rings is 1. The van der Waals surface area contributed by atoms with Crippen LogP contribution in [-0.4, -0.2) is 16.1 Å². The van der Waals surface area contributed by atoms with Gasteiger partial charge in [-0.1, -0.05) is 24.3 Å². The van der Waals surface area contributed by atoms with E-state index in [0.29, 0.717) is 5.56 Å². The SMILES string of the molecule is Cc1cc(-c2cccc3ccc(C(=O)O)cc23)cc(C)n1. The molecule has 0 aliphatic heterocycles. The van der Waals surface area contributed by atoms with Crippen LogP contribution in [0, 0.1) is 13.8 Å². The molecule has 0 saturated carbocycles. The van der Waals surface area contributed by atoms with Gasteiger partial charge in [0.05, 0.1) is 5.56 Å². The lowest BCUT2D eigenvalue weighted by Crippen LogP contribution is -1.96. The van der Waals surface area contributed by atoms with Crippen LogP contribution in [0.5, 0.6) is 0 Å². The molecule has 3 rings (SSSR count). The van der Waals surface area contributed by atoms with Gasteiger partial charge in [-0.2, -0.15) is 0 Å². The highest BCUT2D eigenvalue weighted by molar-refractivity contribution is 6.01. The quantitative estimate of drug-likeness (QED) is 0.763. The van der Waals surface area contributed by atoms with Crippen LogP contribution in [0.3, 0.4) is 0 Å². The zero-order valence-corrected chi connectivity index (χ0v) is 11.9. The van der Waals surface area contributed by atoms with E-state index >= 15 is 0 Å². The maximum atomic E-state index is 11.2. The van der Waals surface area contributed by atoms with Crippen LogP contribution in [0.1, 0.15) is 21.7 Å². The van der Waals surface area contributed by atoms with Crippen molar-refractivity contribution in [3.8, 4) is 11.1 Å². The number of hydrogen-bond donors (Lipinski definition) is 1. The predicted octanol–water partition coefficient (Wildman–Crippen LogP) is 4.22. The van der Waals surface area contributed by atoms with E-state index < -0.39 is 5.97 Å². The first-order chi connectivity index (χ1) is 10.0. The second-order valence-electron chi connectivity index (χ2n) is 5.19. The molecule has 3 aromatic rings. The van der Waals surface area contributed by atoms with E-state index in [1.165, 1.54) is 0 Å². The lowest BCUT2D eigenvalue weighted by atomic mass is 9.96. The molecule has 0 amide bonds. The summed E-state index contributed by atoms with van der Waals surface area (Å²) in [6, 6.07) is 15.3. The minimum atomic E-state index is -0.909. The number of rotatable bonds is 2. The third-order valence-electron chi connectivity index (χ3n) is 3.52. The predicted molar refractivity (Wildman–Crippen MR) is 83.6 cm³/mol. The van der Waals surface area contributed by atoms with E-state index in [2.05, 4.69) is 4.98 Å². The van der Waals surface area contributed by atoms with Crippen LogP contribution in [0.4, 0.5) is 0 Å². The van der Waals surface area contributed by atoms with Crippen molar-refractivity contribution in [2.75, 3.05) is 0 Å². The third kappa shape index (κ3) is 2.50. The Morgan fingerprint density at radius 3 is 2.38 bits per heavy atom. The van der Waals surface area contributed by atoms with Gasteiger partial charge in [0.2, 0.25) is 0 Å². The number of benzene rings is 2. The Morgan fingerprint density at radius 1 is 1.00 bits per heavy atom. The molecule has 21 heavy (non-hydrogen) atoms. The Bertz CT molecular complexity index is 833. The van der Waals surface area contributed by atoms with Crippen molar-refractivity contribution in [1.82, 2.24) is 4.98 Å². The van der Waals surface area contributed by atoms with Crippen LogP contribution in [0.2, 0.25) is 0 Å². The molecule has 0 saturated heterocycles. The van der Waals surface area contributed by atoms with Gasteiger partial charge in [-0.15, -0.1) is 0 Å². The van der Waals surface area contributed by atoms with Crippen molar-refractivity contribution in [3.63, 3.8) is 0 Å². The lowest BCUT2D eigenvalue weighted by molar-refractivity contribution is 0.0697. The van der Waals surface area contributed by atoms with E-state index in [-0.39, 0.29) is 0 Å². The molecule has 1 N–H and O–H groups in total. The Kier molecular flexibility index (Phi) is 3.18. The maximum Gasteiger partial charge on any atom is 0.335 e. The zero-order valence-electron chi connectivity index (χ0n) is 11.9. The number of aromatic carboxylic acids is 1. The zero-order chi connectivity index (χ0) is 15.0. The number of aryl methyl sites for hydroxylation is 2. The van der Waals surface area contributed by atoms with E-state index in [1.54, 1.807) is 12.1 Å². The average molecular weight is 277 g/mol. The normalized spacial score (nSPS) is 10.8. The third-order valence-corrected chi connectivity index (χ3v) is 3.52. The number of nitrogens with zero attached hydrogens (tertiary/aromatic N) is 1. The van der Waals surface area contributed by atoms with Gasteiger partial charge in [-0.3, -0.25) is 4.98 Å². The van der Waals surface area contributed by atoms with Crippen LogP contribution >= 0.6 is 0 Å². The van der Waals surface area contributed by atoms with Gasteiger partial charge in [0.1, 0.15) is 0 Å². The number of carbonyl (C=O) groups is 1. The molecule has 3 nitrogen and oxygen atoms in total. The Hall–Kier alpha value is -2.68. The van der Waals surface area contributed by atoms with Gasteiger partial charge < -0.3 is 5.11 Å². The molecule has 0 atom stereocenters. The Morgan fingerprint density at radius 2 is 1.71 bits per heavy atom. The molecule has 0 unspecified atom stereocenters. The van der Waals surface area contributed by atoms with Gasteiger partial charge >= 0.3 is 5.97 Å². The van der Waals surface area contributed by atoms with Gasteiger partial charge in [-0.05, 0) is 60.0 Å². The highest BCUT2D eigenvalue weighted by Gasteiger charge is 2.09. The summed E-state index contributed by atoms with van der Waals surface area (Å²) in [5.41, 5.74) is 4.31. The van der Waals surface area contributed by atoms with E-state index in [9.17, 15) is 9.90 Å². The van der Waals surface area contributed by atoms with E-state index in [1.807, 2.05) is 50.2 Å². The minimum Gasteiger partial charge on any atom is -0.478 e. The number of carboxylic acids is 1. The summed E-state index contributed by atoms with van der Waals surface area (Å²) >= 11 is 0. The van der Waals surface area contributed by atoms with Gasteiger partial charge in [-0.25, -0.2) is 4.79 Å². The van der Waals surface area contributed by atoms with Crippen molar-refractivity contribution in [1.29, 1.82) is 0 Å². The fraction of sp³-hybridized carbons (Fsp3) is 0.111. The van der Waals surface area contributed by atoms with E-state index in [4.69, 9.17) is 0 Å². The van der Waals surface area contributed by atoms with Crippen LogP contribution in [0.15, 0.2) is 48.5 Å². The van der Waals surface area contributed by atoms with Gasteiger partial charge in [0, 0.05) is 11.4 Å². The van der Waals surface area contributed by atoms with Crippen LogP contribution in [-0.2, 0) is 0 Å². The highest BCUT2D eigenvalue weighted by atomic mass is 16.4. The molecule has 0 radical (unpaired) electrons. The highest BCUT2D eigenvalue weighted by Crippen LogP contribution is 2.30. The number of hydrogen-bond acceptors (Lipinski definition) is 2. The number of fused-ring (bicyclic) bond motifs is 1. The molecule has 0 aliphatic rings. The van der Waals surface area contributed by atoms with Crippen LogP contribution < -0.4 is 0 Å². The molecular formula is C18H15NO2. The molecule has 0 spiro atoms. The maximum absolute atomic E-state index is 11.2. The Labute approximate surface area is 122 Å². The van der Waals surface area contributed by atoms with Crippen LogP contribution in [0.25, 0.3) is 21.9 Å². The lowest BCUT2D eigenvalue weighted by Gasteiger charge is -2.09. The Balaban J connectivity index is 2.30. The first-order valence-electron chi connectivity index (χ1n) is 6.76. The summed E-state index contributed by atoms with van der Waals surface area (Å²) in [5, 5.41) is 11.2. The van der Waals surface area contributed by atoms with Crippen molar-refractivity contribution < 1.29 is 9.90 Å². The number of aromatic nitrogens is 1. The summed E-state index contributed by atoms with van der Waals surface area (Å²) < 4.78 is 0. The molecule has 0 bridgehead atoms. The summed E-state index contributed by atoms with van der Waals surface area (Å²) in [6.45, 7) is 3.93. The molecule has 104 valence electrons. The van der Waals surface area contributed by atoms with Gasteiger partial charge in [0.15, 0.2) is 0 Å². The molecule has 1 aromatic heterocycles. The summed E-state index contributed by atoms with van der Waals surface area (Å²) in [7, 11) is 0. The molecule has 2 aromatic carbocycles. The largest absolute Gasteiger partial charge is 0.478 e. The monoisotopic (exact) mass is 277 g/mol. The first-order valence-corrected chi connectivity index (χ1v) is 6.76. The molecule has 0 aliphatic carbocycles. The number of carboxylic acid groups (broad SMARTS) is 1. The smallest absolute Gasteiger partial charge is 0.335 e. The van der Waals surface area contributed by atoms with Crippen molar-refractivity contribution >= 4 is 16.7 Å². The summed E-state index contributed by atoms with van der Waals surface area (Å²) in [4.78, 5) is 15.6. The standard InChI is InChI=1S/C18H15NO2/c1-11-8-15(9-12(2)19-11)16-5-3-4-13-6-7-14(18(20)21)10-17(13)16/h3-10H,1-2H3,(H,20,21). The fourth-order valence-corrected chi connectivity index (χ4v) is 2.65. The van der Waals surface area contributed by atoms with Gasteiger partial charge in [0.25, 0.3) is 0 Å². The molecule has 1 heterocycles. The first kappa shape index (κ1) is 13.3. The molecular weight excluding hydrogens is 262 g/mol. The summed E-state index contributed by atoms with van der Waals surface area (Å²) in [5.74, 6) is -0.909. The van der Waals surface area contributed by atoms with Crippen molar-refractivity contribution in [2.45, 2.75) is 13.8 Å². The van der Waals surface area contributed by atoms with Crippen molar-refractivity contribution in [3.05, 3.63) is 65.5 Å². The average Bonchev–Trinajstić information content (AvgIpc) is 2.45. The topological polar surface area (TPSA) is 50.2 Å². The molecule has 3 heteroatoms. The second kappa shape index (κ2) is 5.02. The second-order valence-corrected chi connectivity index (χ2v) is 5.19. The minimum absolute atomic E-state index is 0.303.